The molecule has 0 unspecified atom stereocenters. The Morgan fingerprint density at radius 3 is 0.950 bits per heavy atom. The van der Waals surface area contributed by atoms with E-state index in [9.17, 15) is 141 Å². The molecule has 0 saturated carbocycles. The normalized spacial score (nSPS) is 17.8. The number of aliphatic hydroxyl groups is 2. The highest BCUT2D eigenvalue weighted by atomic mass is 16.4. The zero-order valence-corrected chi connectivity index (χ0v) is 83.5. The number of nitrogens with two attached hydrogens (primary N) is 4. The summed E-state index contributed by atoms with van der Waals surface area (Å²) in [5, 5.41) is 99.4. The molecule has 2 aliphatic rings. The van der Waals surface area contributed by atoms with Crippen LogP contribution in [0.3, 0.4) is 0 Å². The minimum Gasteiger partial charge on any atom is -0.481 e. The van der Waals surface area contributed by atoms with Crippen LogP contribution in [0.5, 0.6) is 0 Å². The van der Waals surface area contributed by atoms with Crippen molar-refractivity contribution >= 4 is 136 Å². The van der Waals surface area contributed by atoms with Crippen LogP contribution < -0.4 is 108 Å². The standard InChI is InChI=1S/C90H154N22O29/c1-17-46(10)69(108-83(134)60(41-43(4)5)104-78(129)54(25-19-21-37-92)99-80(131)57(30-34-65(119)120)102-77(128)53(24-18-20-36-91)100-82(133)59(40-42(2)3)105-87(138)70(51(15)113)109-73(124)47(11)93)86(137)97-50(14)89(140)112-39-23-27-62(112)84(135)106-67(44(6)7)85(136)96-48(12)74(125)98-56(29-33-64(117)118)79(130)103-58(31-35-66(121)122)81(132)101-55(28-32-63(115)116)76(127)95-49(13)75(126)110-71(52(16)114)88(139)107-68(45(8)9)90(141)111-38-22-26-61(111)72(94)123/h42-62,67-71,113-114H,17-41,91-93H2,1-16H3,(H2,94,123)(H,95,127)(H,96,136)(H,97,137)(H,98,125)(H,99,131)(H,100,133)(H,101,132)(H,102,128)(H,103,130)(H,104,129)(H,105,138)(H,106,135)(H,107,139)(H,108,134)(H,109,124)(H,110,126)(H,115,116)(H,117,118)(H,119,120)(H,121,122)/t46-,47-,48-,49-,50-,51+,52+,53-,54-,55-,56-,57-,58-,59-,60-,61-,62-,67-,68-,69-,70-,71-/m0/s1. The maximum absolute atomic E-state index is 14.7. The third-order valence-electron chi connectivity index (χ3n) is 23.7. The quantitative estimate of drug-likeness (QED) is 0.0252. The fourth-order valence-electron chi connectivity index (χ4n) is 15.3. The van der Waals surface area contributed by atoms with Gasteiger partial charge in [-0.2, -0.15) is 0 Å². The summed E-state index contributed by atoms with van der Waals surface area (Å²) in [6, 6.07) is -28.6. The number of carbonyl (C=O) groups is 23. The number of nitrogens with one attached hydrogen (secondary N) is 16. The van der Waals surface area contributed by atoms with E-state index in [0.717, 1.165) is 20.8 Å². The molecule has 2 saturated heterocycles. The van der Waals surface area contributed by atoms with Crippen molar-refractivity contribution in [3.63, 3.8) is 0 Å². The SMILES string of the molecule is CC[C@H](C)[C@H](NC(=O)[C@H](CC(C)C)NC(=O)[C@H](CCCCN)NC(=O)[C@H](CCC(=O)O)NC(=O)[C@H](CCCCN)NC(=O)[C@H](CC(C)C)NC(=O)[C@@H](NC(=O)[C@H](C)N)[C@@H](C)O)C(=O)N[C@@H](C)C(=O)N1CCC[C@H]1C(=O)N[C@H](C(=O)N[C@@H](C)C(=O)N[C@@H](CCC(=O)O)C(=O)N[C@@H](CCC(=O)O)C(=O)N[C@@H](CCC(=O)O)C(=O)N[C@@H](C)C(=O)N[C@H](C(=O)N[C@H](C(=O)N1CCC[C@H]1C(N)=O)C(C)C)[C@@H](C)O)C(C)C. The molecule has 0 radical (unpaired) electrons. The predicted molar refractivity (Wildman–Crippen MR) is 505 cm³/mol. The van der Waals surface area contributed by atoms with Crippen LogP contribution in [0.2, 0.25) is 0 Å². The largest absolute Gasteiger partial charge is 0.481 e. The van der Waals surface area contributed by atoms with Crippen molar-refractivity contribution in [1.29, 1.82) is 0 Å². The minimum absolute atomic E-state index is 0.0136. The van der Waals surface area contributed by atoms with E-state index in [0.29, 0.717) is 19.3 Å². The van der Waals surface area contributed by atoms with Gasteiger partial charge in [-0.1, -0.05) is 75.7 Å². The van der Waals surface area contributed by atoms with E-state index >= 15 is 0 Å². The molecule has 0 spiro atoms. The van der Waals surface area contributed by atoms with Crippen LogP contribution in [0.15, 0.2) is 0 Å². The Balaban J connectivity index is 2.40. The number of hydrogen-bond acceptors (Lipinski definition) is 28. The Morgan fingerprint density at radius 2 is 0.596 bits per heavy atom. The number of hydrogen-bond donors (Lipinski definition) is 26. The van der Waals surface area contributed by atoms with E-state index in [1.165, 1.54) is 44.4 Å². The van der Waals surface area contributed by atoms with Gasteiger partial charge in [-0.15, -0.1) is 0 Å². The van der Waals surface area contributed by atoms with Gasteiger partial charge in [-0.05, 0) is 187 Å². The third-order valence-corrected chi connectivity index (χ3v) is 23.7. The molecule has 19 amide bonds. The Kier molecular flexibility index (Phi) is 54.8. The highest BCUT2D eigenvalue weighted by Gasteiger charge is 2.45. The first-order chi connectivity index (χ1) is 65.8. The highest BCUT2D eigenvalue weighted by molar-refractivity contribution is 6.02. The summed E-state index contributed by atoms with van der Waals surface area (Å²) in [5.41, 5.74) is 22.8. The summed E-state index contributed by atoms with van der Waals surface area (Å²) in [6.07, 6.45) is -6.97. The van der Waals surface area contributed by atoms with E-state index in [2.05, 4.69) is 85.1 Å². The molecule has 2 aliphatic heterocycles. The summed E-state index contributed by atoms with van der Waals surface area (Å²) >= 11 is 0. The smallest absolute Gasteiger partial charge is 0.303 e. The molecule has 2 fully saturated rings. The predicted octanol–water partition coefficient (Wildman–Crippen LogP) is -6.45. The van der Waals surface area contributed by atoms with E-state index in [-0.39, 0.29) is 102 Å². The first-order valence-electron chi connectivity index (χ1n) is 48.0. The lowest BCUT2D eigenvalue weighted by Crippen LogP contribution is -2.62. The number of rotatable bonds is 65. The van der Waals surface area contributed by atoms with Gasteiger partial charge in [-0.25, -0.2) is 0 Å². The van der Waals surface area contributed by atoms with Crippen molar-refractivity contribution in [2.24, 2.45) is 52.5 Å². The summed E-state index contributed by atoms with van der Waals surface area (Å²) in [6.45, 7) is 24.2. The number of amides is 19. The monoisotopic (exact) mass is 2010 g/mol. The van der Waals surface area contributed by atoms with Crippen molar-refractivity contribution in [1.82, 2.24) is 94.9 Å². The van der Waals surface area contributed by atoms with Crippen LogP contribution in [0.1, 0.15) is 246 Å². The van der Waals surface area contributed by atoms with Crippen molar-refractivity contribution in [3.05, 3.63) is 0 Å². The van der Waals surface area contributed by atoms with Gasteiger partial charge in [0.15, 0.2) is 0 Å². The van der Waals surface area contributed by atoms with E-state index in [1.807, 2.05) is 0 Å². The summed E-state index contributed by atoms with van der Waals surface area (Å²) in [5.74, 6) is -27.1. The van der Waals surface area contributed by atoms with E-state index in [4.69, 9.17) is 22.9 Å². The maximum Gasteiger partial charge on any atom is 0.303 e. The zero-order valence-electron chi connectivity index (χ0n) is 83.5. The van der Waals surface area contributed by atoms with Gasteiger partial charge in [0.25, 0.3) is 0 Å². The Morgan fingerprint density at radius 1 is 0.312 bits per heavy atom. The first kappa shape index (κ1) is 125. The molecule has 2 heterocycles. The van der Waals surface area contributed by atoms with Gasteiger partial charge in [0.1, 0.15) is 109 Å². The van der Waals surface area contributed by atoms with Crippen LogP contribution in [-0.2, 0) is 110 Å². The van der Waals surface area contributed by atoms with E-state index in [1.54, 1.807) is 55.4 Å². The number of primary amides is 1. The number of aliphatic carboxylic acids is 4. The number of likely N-dealkylation sites (tertiary alicyclic amines) is 2. The molecule has 0 aromatic carbocycles. The lowest BCUT2D eigenvalue weighted by molar-refractivity contribution is -0.142. The molecule has 2 rings (SSSR count). The summed E-state index contributed by atoms with van der Waals surface area (Å²) in [4.78, 5) is 316. The number of carboxylic acids is 4. The topological polar surface area (TPSA) is 817 Å². The fraction of sp³-hybridized carbons (Fsp3) is 0.744. The van der Waals surface area contributed by atoms with Crippen LogP contribution >= 0.6 is 0 Å². The Hall–Kier alpha value is -12.4. The number of nitrogens with zero attached hydrogens (tertiary/aromatic N) is 2. The molecule has 51 heteroatoms. The molecule has 0 aromatic rings. The molecule has 51 nitrogen and oxygen atoms in total. The van der Waals surface area contributed by atoms with Gasteiger partial charge in [0, 0.05) is 38.8 Å². The maximum atomic E-state index is 14.7. The second-order valence-corrected chi connectivity index (χ2v) is 37.6. The molecule has 141 heavy (non-hydrogen) atoms. The average Bonchev–Trinajstić information content (AvgIpc) is 1.74. The molecule has 798 valence electrons. The van der Waals surface area contributed by atoms with Crippen LogP contribution in [0.4, 0.5) is 0 Å². The summed E-state index contributed by atoms with van der Waals surface area (Å²) in [7, 11) is 0. The Labute approximate surface area is 819 Å². The van der Waals surface area contributed by atoms with Gasteiger partial charge in [-0.3, -0.25) is 110 Å². The van der Waals surface area contributed by atoms with Gasteiger partial charge < -0.3 is 148 Å². The molecular formula is C90H154N22O29. The number of carbonyl (C=O) groups excluding carboxylic acids is 19. The van der Waals surface area contributed by atoms with Crippen molar-refractivity contribution in [2.45, 2.75) is 373 Å². The lowest BCUT2D eigenvalue weighted by Gasteiger charge is -2.31. The highest BCUT2D eigenvalue weighted by Crippen LogP contribution is 2.24. The van der Waals surface area contributed by atoms with Crippen molar-refractivity contribution in [3.8, 4) is 0 Å². The number of unbranched alkanes of at least 4 members (excludes halogenated alkanes) is 2. The van der Waals surface area contributed by atoms with Gasteiger partial charge >= 0.3 is 23.9 Å². The summed E-state index contributed by atoms with van der Waals surface area (Å²) < 4.78 is 0. The molecule has 30 N–H and O–H groups in total. The molecule has 0 aromatic heterocycles. The van der Waals surface area contributed by atoms with E-state index < -0.39 is 332 Å². The lowest BCUT2D eigenvalue weighted by atomic mass is 9.96. The third kappa shape index (κ3) is 43.3. The molecule has 0 aliphatic carbocycles. The van der Waals surface area contributed by atoms with Crippen LogP contribution in [-0.4, -0.2) is 330 Å². The minimum atomic E-state index is -1.96. The van der Waals surface area contributed by atoms with Gasteiger partial charge in [0.2, 0.25) is 112 Å². The van der Waals surface area contributed by atoms with Crippen molar-refractivity contribution in [2.75, 3.05) is 26.2 Å². The molecule has 0 bridgehead atoms. The van der Waals surface area contributed by atoms with Crippen LogP contribution in [0, 0.1) is 29.6 Å². The molecule has 22 atom stereocenters. The van der Waals surface area contributed by atoms with Gasteiger partial charge in [0.05, 0.1) is 18.2 Å². The van der Waals surface area contributed by atoms with Crippen LogP contribution in [0.25, 0.3) is 0 Å². The average molecular weight is 2010 g/mol. The Bertz CT molecular complexity index is 4310. The molecular weight excluding hydrogens is 1850 g/mol. The number of aliphatic hydroxyl groups excluding tert-OH is 2. The number of carboxylic acid groups (broad SMARTS) is 4. The fourth-order valence-corrected chi connectivity index (χ4v) is 15.3. The zero-order chi connectivity index (χ0) is 107. The second-order valence-electron chi connectivity index (χ2n) is 37.6. The second kappa shape index (κ2) is 62.0. The van der Waals surface area contributed by atoms with Crippen molar-refractivity contribution < 1.29 is 141 Å². The first-order valence-corrected chi connectivity index (χ1v) is 48.0.